The number of nitrogens with zero attached hydrogens (tertiary/aromatic N) is 1. The van der Waals surface area contributed by atoms with Crippen LogP contribution in [0.2, 0.25) is 0 Å². The molecule has 2 N–H and O–H groups in total. The van der Waals surface area contributed by atoms with Crippen molar-refractivity contribution in [2.75, 3.05) is 5.32 Å². The number of aryl methyl sites for hydroxylation is 1. The lowest BCUT2D eigenvalue weighted by Crippen LogP contribution is -2.28. The van der Waals surface area contributed by atoms with E-state index >= 15 is 0 Å². The van der Waals surface area contributed by atoms with Gasteiger partial charge in [0.25, 0.3) is 0 Å². The summed E-state index contributed by atoms with van der Waals surface area (Å²) in [5.74, 6) is 0. The van der Waals surface area contributed by atoms with Crippen LogP contribution >= 0.6 is 27.3 Å². The lowest BCUT2D eigenvalue weighted by molar-refractivity contribution is 0.252. The van der Waals surface area contributed by atoms with Gasteiger partial charge in [-0.25, -0.2) is 4.79 Å². The molecule has 0 radical (unpaired) electrons. The standard InChI is InChI=1S/C17H16BrN3OS/c18-12-7-5-11(6-8-12)10-20-17(22)21-16-14(9-19)13-3-1-2-4-15(13)23-16/h5-8H,1-4,10H2,(H2,20,21,22). The highest BCUT2D eigenvalue weighted by molar-refractivity contribution is 9.10. The van der Waals surface area contributed by atoms with Crippen molar-refractivity contribution >= 4 is 38.3 Å². The normalized spacial score (nSPS) is 13.0. The number of carbonyl (C=O) groups excluding carboxylic acids is 1. The van der Waals surface area contributed by atoms with Crippen molar-refractivity contribution in [3.63, 3.8) is 0 Å². The van der Waals surface area contributed by atoms with E-state index in [1.165, 1.54) is 16.2 Å². The van der Waals surface area contributed by atoms with Crippen LogP contribution in [0.3, 0.4) is 0 Å². The van der Waals surface area contributed by atoms with E-state index in [0.29, 0.717) is 17.1 Å². The second-order valence-corrected chi connectivity index (χ2v) is 7.48. The molecule has 0 fully saturated rings. The van der Waals surface area contributed by atoms with Crippen molar-refractivity contribution in [1.29, 1.82) is 5.26 Å². The number of thiophene rings is 1. The maximum atomic E-state index is 12.1. The molecule has 0 spiro atoms. The molecular weight excluding hydrogens is 374 g/mol. The molecule has 1 aromatic heterocycles. The van der Waals surface area contributed by atoms with Crippen molar-refractivity contribution in [2.45, 2.75) is 32.2 Å². The van der Waals surface area contributed by atoms with E-state index < -0.39 is 0 Å². The van der Waals surface area contributed by atoms with Gasteiger partial charge in [0.1, 0.15) is 11.1 Å². The Balaban J connectivity index is 1.65. The fraction of sp³-hybridized carbons (Fsp3) is 0.294. The van der Waals surface area contributed by atoms with E-state index in [1.54, 1.807) is 0 Å². The van der Waals surface area contributed by atoms with Crippen molar-refractivity contribution < 1.29 is 4.79 Å². The van der Waals surface area contributed by atoms with Gasteiger partial charge in [-0.05, 0) is 48.9 Å². The van der Waals surface area contributed by atoms with Gasteiger partial charge in [0, 0.05) is 15.9 Å². The predicted molar refractivity (Wildman–Crippen MR) is 95.7 cm³/mol. The topological polar surface area (TPSA) is 64.9 Å². The molecule has 0 saturated heterocycles. The Bertz CT molecular complexity index is 761. The molecule has 1 aliphatic rings. The second-order valence-electron chi connectivity index (χ2n) is 5.46. The summed E-state index contributed by atoms with van der Waals surface area (Å²) in [6.07, 6.45) is 4.23. The van der Waals surface area contributed by atoms with Gasteiger partial charge < -0.3 is 5.32 Å². The molecule has 118 valence electrons. The van der Waals surface area contributed by atoms with Crippen molar-refractivity contribution in [1.82, 2.24) is 5.32 Å². The van der Waals surface area contributed by atoms with E-state index in [1.807, 2.05) is 24.3 Å². The molecule has 0 aliphatic heterocycles. The minimum atomic E-state index is -0.275. The number of halogens is 1. The molecule has 6 heteroatoms. The van der Waals surface area contributed by atoms with Gasteiger partial charge in [-0.3, -0.25) is 5.32 Å². The molecule has 3 rings (SSSR count). The lowest BCUT2D eigenvalue weighted by atomic mass is 9.96. The molecular formula is C17H16BrN3OS. The summed E-state index contributed by atoms with van der Waals surface area (Å²) in [4.78, 5) is 13.3. The molecule has 0 atom stereocenters. The number of fused-ring (bicyclic) bond motifs is 1. The smallest absolute Gasteiger partial charge is 0.320 e. The summed E-state index contributed by atoms with van der Waals surface area (Å²) in [5, 5.41) is 15.7. The second kappa shape index (κ2) is 7.16. The minimum absolute atomic E-state index is 0.275. The Morgan fingerprint density at radius 2 is 2.00 bits per heavy atom. The molecule has 23 heavy (non-hydrogen) atoms. The Kier molecular flexibility index (Phi) is 4.99. The first-order valence-electron chi connectivity index (χ1n) is 7.51. The average Bonchev–Trinajstić information content (AvgIpc) is 2.91. The van der Waals surface area contributed by atoms with Crippen molar-refractivity contribution in [3.05, 3.63) is 50.3 Å². The van der Waals surface area contributed by atoms with Crippen LogP contribution in [0.4, 0.5) is 9.80 Å². The van der Waals surface area contributed by atoms with Gasteiger partial charge in [-0.15, -0.1) is 11.3 Å². The van der Waals surface area contributed by atoms with Crippen LogP contribution in [-0.2, 0) is 19.4 Å². The van der Waals surface area contributed by atoms with Gasteiger partial charge >= 0.3 is 6.03 Å². The van der Waals surface area contributed by atoms with Gasteiger partial charge in [0.15, 0.2) is 0 Å². The molecule has 1 aromatic carbocycles. The van der Waals surface area contributed by atoms with Crippen LogP contribution < -0.4 is 10.6 Å². The number of anilines is 1. The van der Waals surface area contributed by atoms with E-state index in [4.69, 9.17) is 0 Å². The molecule has 1 heterocycles. The number of carbonyl (C=O) groups is 1. The summed E-state index contributed by atoms with van der Waals surface area (Å²) in [5.41, 5.74) is 2.80. The van der Waals surface area contributed by atoms with Crippen LogP contribution in [0.15, 0.2) is 28.7 Å². The largest absolute Gasteiger partial charge is 0.334 e. The maximum Gasteiger partial charge on any atom is 0.320 e. The predicted octanol–water partition coefficient (Wildman–Crippen LogP) is 4.58. The number of urea groups is 1. The highest BCUT2D eigenvalue weighted by atomic mass is 79.9. The third-order valence-corrected chi connectivity index (χ3v) is 5.61. The van der Waals surface area contributed by atoms with E-state index in [9.17, 15) is 10.1 Å². The number of hydrogen-bond donors (Lipinski definition) is 2. The summed E-state index contributed by atoms with van der Waals surface area (Å²) in [6.45, 7) is 0.450. The fourth-order valence-electron chi connectivity index (χ4n) is 2.70. The van der Waals surface area contributed by atoms with Crippen LogP contribution in [0.1, 0.15) is 34.4 Å². The van der Waals surface area contributed by atoms with Crippen molar-refractivity contribution in [2.24, 2.45) is 0 Å². The Morgan fingerprint density at radius 3 is 2.74 bits per heavy atom. The molecule has 0 bridgehead atoms. The molecule has 4 nitrogen and oxygen atoms in total. The van der Waals surface area contributed by atoms with Crippen LogP contribution in [-0.4, -0.2) is 6.03 Å². The van der Waals surface area contributed by atoms with E-state index in [2.05, 4.69) is 32.6 Å². The minimum Gasteiger partial charge on any atom is -0.334 e. The molecule has 2 amide bonds. The zero-order chi connectivity index (χ0) is 16.2. The number of nitrogens with one attached hydrogen (secondary N) is 2. The fourth-order valence-corrected chi connectivity index (χ4v) is 4.20. The number of nitriles is 1. The maximum absolute atomic E-state index is 12.1. The highest BCUT2D eigenvalue weighted by Crippen LogP contribution is 2.37. The number of hydrogen-bond acceptors (Lipinski definition) is 3. The zero-order valence-electron chi connectivity index (χ0n) is 12.5. The van der Waals surface area contributed by atoms with Crippen molar-refractivity contribution in [3.8, 4) is 6.07 Å². The Morgan fingerprint density at radius 1 is 1.26 bits per heavy atom. The Labute approximate surface area is 147 Å². The number of benzene rings is 1. The monoisotopic (exact) mass is 389 g/mol. The highest BCUT2D eigenvalue weighted by Gasteiger charge is 2.21. The summed E-state index contributed by atoms with van der Waals surface area (Å²) in [6, 6.07) is 9.76. The third-order valence-electron chi connectivity index (χ3n) is 3.88. The van der Waals surface area contributed by atoms with Gasteiger partial charge in [-0.2, -0.15) is 5.26 Å². The molecule has 0 unspecified atom stereocenters. The van der Waals surface area contributed by atoms with Gasteiger partial charge in [0.05, 0.1) is 5.56 Å². The molecule has 0 saturated carbocycles. The van der Waals surface area contributed by atoms with Gasteiger partial charge in [-0.1, -0.05) is 28.1 Å². The summed E-state index contributed by atoms with van der Waals surface area (Å²) >= 11 is 4.92. The van der Waals surface area contributed by atoms with Gasteiger partial charge in [0.2, 0.25) is 0 Å². The van der Waals surface area contributed by atoms with E-state index in [-0.39, 0.29) is 6.03 Å². The average molecular weight is 390 g/mol. The summed E-state index contributed by atoms with van der Waals surface area (Å²) < 4.78 is 1.01. The molecule has 2 aromatic rings. The summed E-state index contributed by atoms with van der Waals surface area (Å²) in [7, 11) is 0. The number of rotatable bonds is 3. The first-order valence-corrected chi connectivity index (χ1v) is 9.12. The third kappa shape index (κ3) is 3.74. The molecule has 1 aliphatic carbocycles. The first-order chi connectivity index (χ1) is 11.2. The van der Waals surface area contributed by atoms with Crippen LogP contribution in [0, 0.1) is 11.3 Å². The quantitative estimate of drug-likeness (QED) is 0.806. The van der Waals surface area contributed by atoms with E-state index in [0.717, 1.165) is 41.3 Å². The number of amides is 2. The zero-order valence-corrected chi connectivity index (χ0v) is 14.9. The SMILES string of the molecule is N#Cc1c(NC(=O)NCc2ccc(Br)cc2)sc2c1CCCC2. The van der Waals surface area contributed by atoms with Crippen LogP contribution in [0.5, 0.6) is 0 Å². The lowest BCUT2D eigenvalue weighted by Gasteiger charge is -2.09. The Hall–Kier alpha value is -1.84. The van der Waals surface area contributed by atoms with Crippen LogP contribution in [0.25, 0.3) is 0 Å². The first kappa shape index (κ1) is 16.0.